The van der Waals surface area contributed by atoms with Crippen molar-refractivity contribution in [2.75, 3.05) is 7.05 Å². The summed E-state index contributed by atoms with van der Waals surface area (Å²) < 4.78 is 2.00. The number of hydrogen-bond acceptors (Lipinski definition) is 2. The molecule has 0 saturated carbocycles. The van der Waals surface area contributed by atoms with Crippen molar-refractivity contribution < 1.29 is 0 Å². The summed E-state index contributed by atoms with van der Waals surface area (Å²) in [5.41, 5.74) is 4.49. The SMILES string of the molecule is CNCc1cc(-c2cn(C(C)C)nc2C)ccc1Cl. The van der Waals surface area contributed by atoms with E-state index in [-0.39, 0.29) is 0 Å². The van der Waals surface area contributed by atoms with E-state index < -0.39 is 0 Å². The van der Waals surface area contributed by atoms with E-state index in [0.29, 0.717) is 6.04 Å². The van der Waals surface area contributed by atoms with Crippen molar-refractivity contribution in [2.45, 2.75) is 33.4 Å². The molecule has 0 aliphatic carbocycles. The first-order chi connectivity index (χ1) is 9.02. The van der Waals surface area contributed by atoms with Crippen molar-refractivity contribution in [3.8, 4) is 11.1 Å². The minimum atomic E-state index is 0.372. The van der Waals surface area contributed by atoms with Gasteiger partial charge in [-0.05, 0) is 51.1 Å². The Bertz CT molecular complexity index is 573. The molecular weight excluding hydrogens is 258 g/mol. The van der Waals surface area contributed by atoms with Crippen LogP contribution in [-0.4, -0.2) is 16.8 Å². The molecule has 3 nitrogen and oxygen atoms in total. The van der Waals surface area contributed by atoms with Gasteiger partial charge in [-0.25, -0.2) is 0 Å². The van der Waals surface area contributed by atoms with Gasteiger partial charge in [-0.1, -0.05) is 17.7 Å². The highest BCUT2D eigenvalue weighted by molar-refractivity contribution is 6.31. The molecule has 1 aromatic heterocycles. The minimum absolute atomic E-state index is 0.372. The van der Waals surface area contributed by atoms with Crippen molar-refractivity contribution in [3.63, 3.8) is 0 Å². The van der Waals surface area contributed by atoms with Gasteiger partial charge in [0.05, 0.1) is 5.69 Å². The van der Waals surface area contributed by atoms with Crippen molar-refractivity contribution in [3.05, 3.63) is 40.7 Å². The van der Waals surface area contributed by atoms with Gasteiger partial charge in [0.15, 0.2) is 0 Å². The standard InChI is InChI=1S/C15H20ClN3/c1-10(2)19-9-14(11(3)18-19)12-5-6-15(16)13(7-12)8-17-4/h5-7,9-10,17H,8H2,1-4H3. The summed E-state index contributed by atoms with van der Waals surface area (Å²) in [5.74, 6) is 0. The first-order valence-electron chi connectivity index (χ1n) is 6.52. The lowest BCUT2D eigenvalue weighted by molar-refractivity contribution is 0.529. The molecule has 0 unspecified atom stereocenters. The lowest BCUT2D eigenvalue weighted by Gasteiger charge is -2.07. The van der Waals surface area contributed by atoms with Crippen LogP contribution in [0.1, 0.15) is 31.1 Å². The molecular formula is C15H20ClN3. The molecule has 0 amide bonds. The van der Waals surface area contributed by atoms with Crippen LogP contribution in [0, 0.1) is 6.92 Å². The Labute approximate surface area is 119 Å². The zero-order valence-electron chi connectivity index (χ0n) is 11.9. The Morgan fingerprint density at radius 1 is 1.37 bits per heavy atom. The number of aryl methyl sites for hydroxylation is 1. The van der Waals surface area contributed by atoms with Crippen LogP contribution in [0.15, 0.2) is 24.4 Å². The van der Waals surface area contributed by atoms with Gasteiger partial charge in [0.25, 0.3) is 0 Å². The van der Waals surface area contributed by atoms with Gasteiger partial charge in [0.2, 0.25) is 0 Å². The van der Waals surface area contributed by atoms with Gasteiger partial charge in [-0.3, -0.25) is 4.68 Å². The first kappa shape index (κ1) is 14.1. The van der Waals surface area contributed by atoms with E-state index in [0.717, 1.165) is 22.8 Å². The third kappa shape index (κ3) is 2.99. The van der Waals surface area contributed by atoms with Crippen LogP contribution in [0.4, 0.5) is 0 Å². The summed E-state index contributed by atoms with van der Waals surface area (Å²) in [6.45, 7) is 7.07. The van der Waals surface area contributed by atoms with E-state index in [2.05, 4.69) is 42.6 Å². The Kier molecular flexibility index (Phi) is 4.27. The fraction of sp³-hybridized carbons (Fsp3) is 0.400. The highest BCUT2D eigenvalue weighted by Crippen LogP contribution is 2.28. The molecule has 0 atom stereocenters. The highest BCUT2D eigenvalue weighted by atomic mass is 35.5. The average molecular weight is 278 g/mol. The maximum Gasteiger partial charge on any atom is 0.0672 e. The fourth-order valence-corrected chi connectivity index (χ4v) is 2.28. The fourth-order valence-electron chi connectivity index (χ4n) is 2.10. The molecule has 2 aromatic rings. The van der Waals surface area contributed by atoms with Gasteiger partial charge < -0.3 is 5.32 Å². The third-order valence-corrected chi connectivity index (χ3v) is 3.54. The Morgan fingerprint density at radius 3 is 2.68 bits per heavy atom. The van der Waals surface area contributed by atoms with Crippen molar-refractivity contribution >= 4 is 11.6 Å². The summed E-state index contributed by atoms with van der Waals surface area (Å²) in [6, 6.07) is 6.51. The number of aromatic nitrogens is 2. The normalized spacial score (nSPS) is 11.3. The van der Waals surface area contributed by atoms with Gasteiger partial charge in [0.1, 0.15) is 0 Å². The number of halogens is 1. The topological polar surface area (TPSA) is 29.9 Å². The van der Waals surface area contributed by atoms with Crippen LogP contribution in [0.25, 0.3) is 11.1 Å². The molecule has 0 aliphatic heterocycles. The lowest BCUT2D eigenvalue weighted by Crippen LogP contribution is -2.05. The number of nitrogens with one attached hydrogen (secondary N) is 1. The second-order valence-corrected chi connectivity index (χ2v) is 5.45. The maximum atomic E-state index is 6.20. The van der Waals surface area contributed by atoms with Gasteiger partial charge >= 0.3 is 0 Å². The largest absolute Gasteiger partial charge is 0.316 e. The number of benzene rings is 1. The zero-order valence-corrected chi connectivity index (χ0v) is 12.6. The summed E-state index contributed by atoms with van der Waals surface area (Å²) in [7, 11) is 1.92. The van der Waals surface area contributed by atoms with Gasteiger partial charge in [0, 0.05) is 29.4 Å². The van der Waals surface area contributed by atoms with Crippen LogP contribution in [-0.2, 0) is 6.54 Å². The predicted molar refractivity (Wildman–Crippen MR) is 80.6 cm³/mol. The third-order valence-electron chi connectivity index (χ3n) is 3.17. The van der Waals surface area contributed by atoms with Gasteiger partial charge in [-0.2, -0.15) is 5.10 Å². The van der Waals surface area contributed by atoms with Crippen LogP contribution in [0.2, 0.25) is 5.02 Å². The number of rotatable bonds is 4. The second kappa shape index (κ2) is 5.76. The van der Waals surface area contributed by atoms with Gasteiger partial charge in [-0.15, -0.1) is 0 Å². The van der Waals surface area contributed by atoms with E-state index in [9.17, 15) is 0 Å². The van der Waals surface area contributed by atoms with E-state index >= 15 is 0 Å². The molecule has 1 aromatic carbocycles. The molecule has 0 aliphatic rings. The molecule has 1 heterocycles. The summed E-state index contributed by atoms with van der Waals surface area (Å²) in [4.78, 5) is 0. The predicted octanol–water partition coefficient (Wildman–Crippen LogP) is 3.81. The Hall–Kier alpha value is -1.32. The van der Waals surface area contributed by atoms with Crippen LogP contribution in [0.3, 0.4) is 0 Å². The molecule has 0 bridgehead atoms. The smallest absolute Gasteiger partial charge is 0.0672 e. The highest BCUT2D eigenvalue weighted by Gasteiger charge is 2.10. The summed E-state index contributed by atoms with van der Waals surface area (Å²) >= 11 is 6.20. The second-order valence-electron chi connectivity index (χ2n) is 5.04. The van der Waals surface area contributed by atoms with Crippen LogP contribution >= 0.6 is 11.6 Å². The average Bonchev–Trinajstić information content (AvgIpc) is 2.75. The van der Waals surface area contributed by atoms with Crippen molar-refractivity contribution in [1.82, 2.24) is 15.1 Å². The monoisotopic (exact) mass is 277 g/mol. The molecule has 0 spiro atoms. The van der Waals surface area contributed by atoms with Crippen molar-refractivity contribution in [1.29, 1.82) is 0 Å². The lowest BCUT2D eigenvalue weighted by atomic mass is 10.0. The molecule has 19 heavy (non-hydrogen) atoms. The van der Waals surface area contributed by atoms with E-state index in [1.54, 1.807) is 0 Å². The molecule has 4 heteroatoms. The number of hydrogen-bond donors (Lipinski definition) is 1. The van der Waals surface area contributed by atoms with Crippen LogP contribution < -0.4 is 5.32 Å². The molecule has 1 N–H and O–H groups in total. The Balaban J connectivity index is 2.44. The van der Waals surface area contributed by atoms with E-state index in [1.165, 1.54) is 11.1 Å². The van der Waals surface area contributed by atoms with E-state index in [4.69, 9.17) is 11.6 Å². The number of nitrogens with zero attached hydrogens (tertiary/aromatic N) is 2. The molecule has 0 radical (unpaired) electrons. The summed E-state index contributed by atoms with van der Waals surface area (Å²) in [6.07, 6.45) is 2.10. The Morgan fingerprint density at radius 2 is 2.11 bits per heavy atom. The van der Waals surface area contributed by atoms with Crippen molar-refractivity contribution in [2.24, 2.45) is 0 Å². The first-order valence-corrected chi connectivity index (χ1v) is 6.90. The molecule has 2 rings (SSSR count). The molecule has 0 saturated heterocycles. The minimum Gasteiger partial charge on any atom is -0.316 e. The summed E-state index contributed by atoms with van der Waals surface area (Å²) in [5, 5.41) is 8.49. The van der Waals surface area contributed by atoms with E-state index in [1.807, 2.05) is 24.7 Å². The zero-order chi connectivity index (χ0) is 14.0. The maximum absolute atomic E-state index is 6.20. The quantitative estimate of drug-likeness (QED) is 0.921. The van der Waals surface area contributed by atoms with Crippen LogP contribution in [0.5, 0.6) is 0 Å². The molecule has 0 fully saturated rings. The molecule has 102 valence electrons.